The van der Waals surface area contributed by atoms with Crippen molar-refractivity contribution in [3.05, 3.63) is 88.9 Å². The lowest BCUT2D eigenvalue weighted by atomic mass is 10.2. The molecule has 0 radical (unpaired) electrons. The summed E-state index contributed by atoms with van der Waals surface area (Å²) in [5.41, 5.74) is 2.77. The number of aromatic nitrogens is 5. The average molecular weight is 406 g/mol. The fraction of sp³-hybridized carbons (Fsp3) is 0. The summed E-state index contributed by atoms with van der Waals surface area (Å²) in [6.45, 7) is 0. The van der Waals surface area contributed by atoms with Gasteiger partial charge in [-0.3, -0.25) is 4.57 Å². The number of nitrogens with zero attached hydrogens (tertiary/aromatic N) is 5. The Kier molecular flexibility index (Phi) is 4.11. The van der Waals surface area contributed by atoms with Gasteiger partial charge in [-0.15, -0.1) is 15.3 Å². The van der Waals surface area contributed by atoms with Crippen LogP contribution in [0.4, 0.5) is 0 Å². The first-order valence-corrected chi connectivity index (χ1v) is 9.38. The molecule has 5 aromatic rings. The Hall–Kier alpha value is -3.15. The molecular weight excluding hydrogens is 393 g/mol. The molecule has 0 aliphatic heterocycles. The van der Waals surface area contributed by atoms with Crippen LogP contribution in [0, 0.1) is 0 Å². The van der Waals surface area contributed by atoms with E-state index in [1.165, 1.54) is 0 Å². The van der Waals surface area contributed by atoms with E-state index < -0.39 is 0 Å². The van der Waals surface area contributed by atoms with E-state index in [2.05, 4.69) is 10.2 Å². The maximum absolute atomic E-state index is 6.07. The van der Waals surface area contributed by atoms with Crippen molar-refractivity contribution in [2.24, 2.45) is 0 Å². The van der Waals surface area contributed by atoms with Crippen molar-refractivity contribution in [2.75, 3.05) is 0 Å². The largest absolute Gasteiger partial charge is 0.259 e. The van der Waals surface area contributed by atoms with Crippen molar-refractivity contribution in [2.45, 2.75) is 0 Å². The van der Waals surface area contributed by atoms with Gasteiger partial charge >= 0.3 is 0 Å². The smallest absolute Gasteiger partial charge is 0.259 e. The van der Waals surface area contributed by atoms with Crippen molar-refractivity contribution in [3.8, 4) is 28.5 Å². The average Bonchev–Trinajstić information content (AvgIpc) is 3.29. The van der Waals surface area contributed by atoms with E-state index in [9.17, 15) is 0 Å². The summed E-state index contributed by atoms with van der Waals surface area (Å²) in [4.78, 5) is 0. The highest BCUT2D eigenvalue weighted by atomic mass is 35.5. The molecule has 0 saturated carbocycles. The Morgan fingerprint density at radius 2 is 1.18 bits per heavy atom. The number of para-hydroxylation sites is 1. The van der Waals surface area contributed by atoms with Gasteiger partial charge in [0.1, 0.15) is 0 Å². The minimum absolute atomic E-state index is 0.626. The molecule has 7 heteroatoms. The Labute approximate surface area is 170 Å². The monoisotopic (exact) mass is 405 g/mol. The van der Waals surface area contributed by atoms with Crippen LogP contribution in [-0.2, 0) is 0 Å². The molecule has 0 amide bonds. The number of fused-ring (bicyclic) bond motifs is 1. The predicted molar refractivity (Wildman–Crippen MR) is 111 cm³/mol. The number of benzene rings is 3. The molecule has 28 heavy (non-hydrogen) atoms. The zero-order valence-corrected chi connectivity index (χ0v) is 16.0. The lowest BCUT2D eigenvalue weighted by Crippen LogP contribution is -1.98. The van der Waals surface area contributed by atoms with Gasteiger partial charge in [0.25, 0.3) is 5.78 Å². The third-order valence-corrected chi connectivity index (χ3v) is 4.95. The van der Waals surface area contributed by atoms with Gasteiger partial charge in [0.2, 0.25) is 0 Å². The fourth-order valence-corrected chi connectivity index (χ4v) is 3.37. The highest BCUT2D eigenvalue weighted by molar-refractivity contribution is 6.30. The van der Waals surface area contributed by atoms with Crippen LogP contribution >= 0.6 is 23.2 Å². The third-order valence-electron chi connectivity index (χ3n) is 4.45. The second-order valence-corrected chi connectivity index (χ2v) is 7.12. The van der Waals surface area contributed by atoms with Crippen molar-refractivity contribution in [3.63, 3.8) is 0 Å². The molecule has 0 saturated heterocycles. The van der Waals surface area contributed by atoms with Gasteiger partial charge in [0.05, 0.1) is 5.69 Å². The van der Waals surface area contributed by atoms with Crippen LogP contribution in [0.5, 0.6) is 0 Å². The summed E-state index contributed by atoms with van der Waals surface area (Å²) < 4.78 is 3.73. The Bertz CT molecular complexity index is 1260. The lowest BCUT2D eigenvalue weighted by molar-refractivity contribution is 0.965. The van der Waals surface area contributed by atoms with E-state index in [4.69, 9.17) is 28.3 Å². The third kappa shape index (κ3) is 2.85. The fourth-order valence-electron chi connectivity index (χ4n) is 3.12. The molecule has 0 N–H and O–H groups in total. The molecule has 0 aliphatic rings. The van der Waals surface area contributed by atoms with E-state index >= 15 is 0 Å². The Morgan fingerprint density at radius 3 is 1.79 bits per heavy atom. The molecule has 3 aromatic carbocycles. The minimum atomic E-state index is 0.626. The maximum atomic E-state index is 6.07. The van der Waals surface area contributed by atoms with Gasteiger partial charge in [0.15, 0.2) is 11.6 Å². The molecule has 2 heterocycles. The number of halogens is 2. The quantitative estimate of drug-likeness (QED) is 0.394. The maximum Gasteiger partial charge on any atom is 0.259 e. The van der Waals surface area contributed by atoms with Crippen molar-refractivity contribution in [1.29, 1.82) is 0 Å². The zero-order valence-electron chi connectivity index (χ0n) is 14.5. The number of rotatable bonds is 3. The van der Waals surface area contributed by atoms with Crippen molar-refractivity contribution >= 4 is 29.0 Å². The zero-order chi connectivity index (χ0) is 19.1. The molecule has 0 spiro atoms. The van der Waals surface area contributed by atoms with E-state index in [0.717, 1.165) is 22.6 Å². The molecule has 0 fully saturated rings. The Morgan fingerprint density at radius 1 is 0.607 bits per heavy atom. The summed E-state index contributed by atoms with van der Waals surface area (Å²) in [5, 5.41) is 14.9. The summed E-state index contributed by atoms with van der Waals surface area (Å²) in [6, 6.07) is 25.0. The van der Waals surface area contributed by atoms with Crippen LogP contribution in [0.2, 0.25) is 10.0 Å². The summed E-state index contributed by atoms with van der Waals surface area (Å²) in [6.07, 6.45) is 0. The van der Waals surface area contributed by atoms with E-state index in [0.29, 0.717) is 21.6 Å². The first-order valence-electron chi connectivity index (χ1n) is 8.62. The lowest BCUT2D eigenvalue weighted by Gasteiger charge is -2.06. The Balaban J connectivity index is 1.78. The molecule has 2 aromatic heterocycles. The van der Waals surface area contributed by atoms with E-state index in [-0.39, 0.29) is 0 Å². The molecule has 0 unspecified atom stereocenters. The standard InChI is InChI=1S/C21H13Cl2N5/c22-16-10-6-14(7-11-16)19-24-25-21-27(18-4-2-1-3-5-18)20(26-28(19)21)15-8-12-17(23)13-9-15/h1-13H. The SMILES string of the molecule is Clc1ccc(-c2nn3c(-c4ccc(Cl)cc4)nnc3n2-c2ccccc2)cc1. The van der Waals surface area contributed by atoms with Crippen LogP contribution in [0.1, 0.15) is 0 Å². The molecule has 5 nitrogen and oxygen atoms in total. The van der Waals surface area contributed by atoms with Gasteiger partial charge < -0.3 is 0 Å². The van der Waals surface area contributed by atoms with Gasteiger partial charge in [-0.1, -0.05) is 41.4 Å². The van der Waals surface area contributed by atoms with Gasteiger partial charge in [-0.05, 0) is 60.7 Å². The molecule has 0 atom stereocenters. The predicted octanol–water partition coefficient (Wildman–Crippen LogP) is 5.56. The minimum Gasteiger partial charge on any atom is -0.259 e. The first-order chi connectivity index (χ1) is 13.7. The second-order valence-electron chi connectivity index (χ2n) is 6.24. The molecule has 136 valence electrons. The van der Waals surface area contributed by atoms with Crippen molar-refractivity contribution < 1.29 is 0 Å². The number of hydrogen-bond donors (Lipinski definition) is 0. The topological polar surface area (TPSA) is 48.0 Å². The van der Waals surface area contributed by atoms with Crippen LogP contribution in [0.3, 0.4) is 0 Å². The number of hydrogen-bond acceptors (Lipinski definition) is 3. The van der Waals surface area contributed by atoms with E-state index in [1.54, 1.807) is 4.52 Å². The summed E-state index contributed by atoms with van der Waals surface area (Å²) >= 11 is 12.1. The highest BCUT2D eigenvalue weighted by Gasteiger charge is 2.20. The van der Waals surface area contributed by atoms with Crippen LogP contribution in [0.25, 0.3) is 34.2 Å². The normalized spacial score (nSPS) is 11.2. The molecule has 0 aliphatic carbocycles. The van der Waals surface area contributed by atoms with Gasteiger partial charge in [-0.25, -0.2) is 0 Å². The molecule has 5 rings (SSSR count). The van der Waals surface area contributed by atoms with Crippen LogP contribution in [-0.4, -0.2) is 24.4 Å². The van der Waals surface area contributed by atoms with Crippen LogP contribution in [0.15, 0.2) is 78.9 Å². The first kappa shape index (κ1) is 17.0. The molecule has 0 bridgehead atoms. The second kappa shape index (κ2) is 6.78. The highest BCUT2D eigenvalue weighted by Crippen LogP contribution is 2.28. The van der Waals surface area contributed by atoms with Crippen molar-refractivity contribution in [1.82, 2.24) is 24.4 Å². The van der Waals surface area contributed by atoms with Gasteiger partial charge in [0, 0.05) is 21.2 Å². The molecular formula is C21H13Cl2N5. The summed E-state index contributed by atoms with van der Waals surface area (Å²) in [7, 11) is 0. The summed E-state index contributed by atoms with van der Waals surface area (Å²) in [5.74, 6) is 2.03. The van der Waals surface area contributed by atoms with Gasteiger partial charge in [-0.2, -0.15) is 4.52 Å². The van der Waals surface area contributed by atoms with E-state index in [1.807, 2.05) is 83.4 Å². The van der Waals surface area contributed by atoms with Crippen LogP contribution < -0.4 is 0 Å².